The lowest BCUT2D eigenvalue weighted by Crippen LogP contribution is -2.44. The molecule has 0 saturated carbocycles. The van der Waals surface area contributed by atoms with E-state index in [2.05, 4.69) is 34.3 Å². The van der Waals surface area contributed by atoms with E-state index in [9.17, 15) is 4.79 Å². The summed E-state index contributed by atoms with van der Waals surface area (Å²) in [5, 5.41) is 2.83. The second-order valence-corrected chi connectivity index (χ2v) is 6.42. The third-order valence-electron chi connectivity index (χ3n) is 4.47. The quantitative estimate of drug-likeness (QED) is 0.930. The van der Waals surface area contributed by atoms with Gasteiger partial charge in [0, 0.05) is 52.3 Å². The molecule has 1 aliphatic rings. The monoisotopic (exact) mass is 327 g/mol. The molecular weight excluding hydrogens is 302 g/mol. The molecule has 0 spiro atoms. The smallest absolute Gasteiger partial charge is 0.223 e. The van der Waals surface area contributed by atoms with Crippen molar-refractivity contribution < 1.29 is 4.79 Å². The van der Waals surface area contributed by atoms with Crippen molar-refractivity contribution in [1.29, 1.82) is 0 Å². The van der Waals surface area contributed by atoms with E-state index in [1.54, 1.807) is 0 Å². The molecule has 1 amide bonds. The van der Waals surface area contributed by atoms with Crippen LogP contribution in [0.25, 0.3) is 11.3 Å². The minimum absolute atomic E-state index is 0.103. The van der Waals surface area contributed by atoms with Crippen molar-refractivity contribution in [3.05, 3.63) is 36.0 Å². The van der Waals surface area contributed by atoms with E-state index in [0.29, 0.717) is 5.95 Å². The molecule has 0 aliphatic carbocycles. The summed E-state index contributed by atoms with van der Waals surface area (Å²) in [5.74, 6) is 0.499. The maximum absolute atomic E-state index is 11.5. The molecule has 1 saturated heterocycles. The van der Waals surface area contributed by atoms with E-state index in [-0.39, 0.29) is 5.91 Å². The topological polar surface area (TPSA) is 53.4 Å². The first kappa shape index (κ1) is 16.7. The van der Waals surface area contributed by atoms with E-state index in [1.807, 2.05) is 29.8 Å². The van der Waals surface area contributed by atoms with Gasteiger partial charge in [-0.05, 0) is 7.05 Å². The largest absolute Gasteiger partial charge is 0.313 e. The molecule has 1 aromatic carbocycles. The Kier molecular flexibility index (Phi) is 4.97. The Balaban J connectivity index is 1.92. The number of piperazine rings is 1. The van der Waals surface area contributed by atoms with Gasteiger partial charge in [-0.2, -0.15) is 0 Å². The van der Waals surface area contributed by atoms with Crippen molar-refractivity contribution >= 4 is 11.9 Å². The first-order valence-electron chi connectivity index (χ1n) is 8.34. The van der Waals surface area contributed by atoms with Gasteiger partial charge in [0.15, 0.2) is 0 Å². The fraction of sp³-hybridized carbons (Fsp3) is 0.444. The number of nitrogens with one attached hydrogen (secondary N) is 1. The predicted octanol–water partition coefficient (Wildman–Crippen LogP) is 1.79. The number of hydrogen-bond donors (Lipinski definition) is 1. The molecular formula is C18H25N5O. The average molecular weight is 327 g/mol. The SMILES string of the molecule is CC(=O)Nc1nc(CN2CCN(C)CC2)c(-c2ccccc2)n1C. The van der Waals surface area contributed by atoms with Crippen LogP contribution in [0, 0.1) is 0 Å². The second kappa shape index (κ2) is 7.15. The van der Waals surface area contributed by atoms with E-state index >= 15 is 0 Å². The molecule has 0 atom stereocenters. The minimum Gasteiger partial charge on any atom is -0.313 e. The summed E-state index contributed by atoms with van der Waals surface area (Å²) in [4.78, 5) is 20.9. The normalized spacial score (nSPS) is 16.3. The molecule has 1 fully saturated rings. The van der Waals surface area contributed by atoms with Gasteiger partial charge in [-0.15, -0.1) is 0 Å². The Morgan fingerprint density at radius 1 is 1.12 bits per heavy atom. The molecule has 0 unspecified atom stereocenters. The van der Waals surface area contributed by atoms with Crippen LogP contribution in [-0.4, -0.2) is 58.5 Å². The number of imidazole rings is 1. The predicted molar refractivity (Wildman–Crippen MR) is 95.7 cm³/mol. The number of benzene rings is 1. The van der Waals surface area contributed by atoms with E-state index in [0.717, 1.165) is 49.7 Å². The Hall–Kier alpha value is -2.18. The van der Waals surface area contributed by atoms with Crippen LogP contribution >= 0.6 is 0 Å². The highest BCUT2D eigenvalue weighted by molar-refractivity contribution is 5.87. The number of hydrogen-bond acceptors (Lipinski definition) is 4. The molecule has 128 valence electrons. The lowest BCUT2D eigenvalue weighted by atomic mass is 10.1. The summed E-state index contributed by atoms with van der Waals surface area (Å²) >= 11 is 0. The summed E-state index contributed by atoms with van der Waals surface area (Å²) in [6.07, 6.45) is 0. The lowest BCUT2D eigenvalue weighted by molar-refractivity contribution is -0.114. The summed E-state index contributed by atoms with van der Waals surface area (Å²) in [6.45, 7) is 6.54. The van der Waals surface area contributed by atoms with Crippen LogP contribution in [0.2, 0.25) is 0 Å². The fourth-order valence-electron chi connectivity index (χ4n) is 3.11. The molecule has 0 bridgehead atoms. The summed E-state index contributed by atoms with van der Waals surface area (Å²) in [6, 6.07) is 10.2. The number of carbonyl (C=O) groups excluding carboxylic acids is 1. The zero-order valence-electron chi connectivity index (χ0n) is 14.6. The number of anilines is 1. The number of aromatic nitrogens is 2. The minimum atomic E-state index is -0.103. The maximum Gasteiger partial charge on any atom is 0.223 e. The van der Waals surface area contributed by atoms with Crippen LogP contribution in [0.5, 0.6) is 0 Å². The molecule has 6 nitrogen and oxygen atoms in total. The number of carbonyl (C=O) groups is 1. The van der Waals surface area contributed by atoms with Crippen LogP contribution in [-0.2, 0) is 18.4 Å². The van der Waals surface area contributed by atoms with E-state index in [1.165, 1.54) is 6.92 Å². The molecule has 2 heterocycles. The van der Waals surface area contributed by atoms with Crippen molar-refractivity contribution in [1.82, 2.24) is 19.4 Å². The number of nitrogens with zero attached hydrogens (tertiary/aromatic N) is 4. The summed E-state index contributed by atoms with van der Waals surface area (Å²) < 4.78 is 1.97. The highest BCUT2D eigenvalue weighted by atomic mass is 16.1. The molecule has 0 radical (unpaired) electrons. The zero-order chi connectivity index (χ0) is 17.1. The molecule has 24 heavy (non-hydrogen) atoms. The first-order valence-corrected chi connectivity index (χ1v) is 8.34. The van der Waals surface area contributed by atoms with E-state index < -0.39 is 0 Å². The van der Waals surface area contributed by atoms with Gasteiger partial charge < -0.3 is 9.47 Å². The molecule has 3 rings (SSSR count). The molecule has 1 N–H and O–H groups in total. The van der Waals surface area contributed by atoms with Crippen LogP contribution in [0.15, 0.2) is 30.3 Å². The van der Waals surface area contributed by atoms with Gasteiger partial charge in [-0.1, -0.05) is 30.3 Å². The van der Waals surface area contributed by atoms with Crippen LogP contribution in [0.4, 0.5) is 5.95 Å². The van der Waals surface area contributed by atoms with Gasteiger partial charge in [0.2, 0.25) is 11.9 Å². The van der Waals surface area contributed by atoms with Crippen molar-refractivity contribution in [2.75, 3.05) is 38.5 Å². The summed E-state index contributed by atoms with van der Waals surface area (Å²) in [5.41, 5.74) is 3.20. The Morgan fingerprint density at radius 2 is 1.79 bits per heavy atom. The van der Waals surface area contributed by atoms with Crippen molar-refractivity contribution in [3.63, 3.8) is 0 Å². The Labute approximate surface area is 143 Å². The molecule has 1 aromatic heterocycles. The third kappa shape index (κ3) is 3.66. The van der Waals surface area contributed by atoms with Crippen molar-refractivity contribution in [3.8, 4) is 11.3 Å². The lowest BCUT2D eigenvalue weighted by Gasteiger charge is -2.32. The fourth-order valence-corrected chi connectivity index (χ4v) is 3.11. The maximum atomic E-state index is 11.5. The van der Waals surface area contributed by atoms with Crippen LogP contribution in [0.1, 0.15) is 12.6 Å². The third-order valence-corrected chi connectivity index (χ3v) is 4.47. The summed E-state index contributed by atoms with van der Waals surface area (Å²) in [7, 11) is 4.11. The highest BCUT2D eigenvalue weighted by Crippen LogP contribution is 2.27. The molecule has 2 aromatic rings. The number of rotatable bonds is 4. The van der Waals surface area contributed by atoms with Crippen LogP contribution < -0.4 is 5.32 Å². The van der Waals surface area contributed by atoms with Crippen molar-refractivity contribution in [2.24, 2.45) is 7.05 Å². The average Bonchev–Trinajstić information content (AvgIpc) is 2.85. The molecule has 1 aliphatic heterocycles. The number of likely N-dealkylation sites (N-methyl/N-ethyl adjacent to an activating group) is 1. The second-order valence-electron chi connectivity index (χ2n) is 6.42. The zero-order valence-corrected chi connectivity index (χ0v) is 14.6. The van der Waals surface area contributed by atoms with E-state index in [4.69, 9.17) is 4.98 Å². The van der Waals surface area contributed by atoms with Gasteiger partial charge in [0.25, 0.3) is 0 Å². The Morgan fingerprint density at radius 3 is 2.42 bits per heavy atom. The number of amides is 1. The van der Waals surface area contributed by atoms with Gasteiger partial charge in [0.05, 0.1) is 11.4 Å². The first-order chi connectivity index (χ1) is 11.5. The van der Waals surface area contributed by atoms with Gasteiger partial charge in [0.1, 0.15) is 0 Å². The standard InChI is InChI=1S/C18H25N5O/c1-14(24)19-18-20-16(13-23-11-9-21(2)10-12-23)17(22(18)3)15-7-5-4-6-8-15/h4-8H,9-13H2,1-3H3,(H,19,20,24). The highest BCUT2D eigenvalue weighted by Gasteiger charge is 2.21. The van der Waals surface area contributed by atoms with Crippen molar-refractivity contribution in [2.45, 2.75) is 13.5 Å². The molecule has 6 heteroatoms. The van der Waals surface area contributed by atoms with Gasteiger partial charge in [-0.3, -0.25) is 15.0 Å². The van der Waals surface area contributed by atoms with Gasteiger partial charge >= 0.3 is 0 Å². The Bertz CT molecular complexity index is 702. The van der Waals surface area contributed by atoms with Gasteiger partial charge in [-0.25, -0.2) is 4.98 Å². The van der Waals surface area contributed by atoms with Crippen LogP contribution in [0.3, 0.4) is 0 Å².